The molecule has 0 aliphatic carbocycles. The number of nitrogens with zero attached hydrogens (tertiary/aromatic N) is 3. The molecule has 0 saturated heterocycles. The molecule has 0 bridgehead atoms. The van der Waals surface area contributed by atoms with Crippen LogP contribution in [0.15, 0.2) is 48.7 Å². The summed E-state index contributed by atoms with van der Waals surface area (Å²) in [6, 6.07) is 10.8. The van der Waals surface area contributed by atoms with E-state index in [0.717, 1.165) is 29.4 Å². The first kappa shape index (κ1) is 21.2. The van der Waals surface area contributed by atoms with Gasteiger partial charge in [0.15, 0.2) is 0 Å². The van der Waals surface area contributed by atoms with Gasteiger partial charge in [-0.1, -0.05) is 19.9 Å². The first-order valence-electron chi connectivity index (χ1n) is 10.5. The van der Waals surface area contributed by atoms with Gasteiger partial charge < -0.3 is 10.6 Å². The van der Waals surface area contributed by atoms with Crippen molar-refractivity contribution in [2.75, 3.05) is 6.54 Å². The van der Waals surface area contributed by atoms with Gasteiger partial charge in [-0.25, -0.2) is 8.78 Å². The van der Waals surface area contributed by atoms with E-state index < -0.39 is 11.6 Å². The molecule has 0 unspecified atom stereocenters. The van der Waals surface area contributed by atoms with Crippen LogP contribution in [-0.2, 0) is 19.5 Å². The van der Waals surface area contributed by atoms with Gasteiger partial charge in [-0.3, -0.25) is 9.48 Å². The second-order valence-electron chi connectivity index (χ2n) is 8.47. The maximum absolute atomic E-state index is 13.6. The van der Waals surface area contributed by atoms with Crippen molar-refractivity contribution in [3.8, 4) is 11.3 Å². The summed E-state index contributed by atoms with van der Waals surface area (Å²) in [6.45, 7) is 5.71. The fraction of sp³-hybridized carbons (Fsp3) is 0.333. The lowest BCUT2D eigenvalue weighted by Crippen LogP contribution is -2.42. The average molecular weight is 424 g/mol. The predicted octanol–water partition coefficient (Wildman–Crippen LogP) is 4.01. The summed E-state index contributed by atoms with van der Waals surface area (Å²) in [5.74, 6) is -0.915. The zero-order valence-corrected chi connectivity index (χ0v) is 17.7. The molecule has 0 saturated carbocycles. The van der Waals surface area contributed by atoms with Crippen molar-refractivity contribution < 1.29 is 13.6 Å². The number of aromatic nitrogens is 2. The van der Waals surface area contributed by atoms with Gasteiger partial charge in [0.2, 0.25) is 0 Å². The summed E-state index contributed by atoms with van der Waals surface area (Å²) in [5, 5.41) is 4.42. The molecule has 7 heteroatoms. The van der Waals surface area contributed by atoms with Crippen LogP contribution in [0.1, 0.15) is 35.3 Å². The van der Waals surface area contributed by atoms with Gasteiger partial charge in [-0.2, -0.15) is 5.10 Å². The maximum Gasteiger partial charge on any atom is 0.254 e. The third kappa shape index (κ3) is 4.37. The monoisotopic (exact) mass is 424 g/mol. The van der Waals surface area contributed by atoms with E-state index in [-0.39, 0.29) is 18.5 Å². The third-order valence-electron chi connectivity index (χ3n) is 5.59. The van der Waals surface area contributed by atoms with E-state index in [1.807, 2.05) is 28.9 Å². The lowest BCUT2D eigenvalue weighted by atomic mass is 10.0. The molecule has 5 nitrogen and oxygen atoms in total. The van der Waals surface area contributed by atoms with Crippen LogP contribution < -0.4 is 5.73 Å². The van der Waals surface area contributed by atoms with Gasteiger partial charge >= 0.3 is 0 Å². The van der Waals surface area contributed by atoms with Crippen molar-refractivity contribution in [2.45, 2.75) is 39.4 Å². The SMILES string of the molecule is CC(C)Cn1nccc1-c1ccc2c(c1)CN([C@H](CN)Cc1cc(F)cc(F)c1)C2=O. The second kappa shape index (κ2) is 8.59. The Hall–Kier alpha value is -3.06. The van der Waals surface area contributed by atoms with Crippen LogP contribution in [0.5, 0.6) is 0 Å². The zero-order valence-electron chi connectivity index (χ0n) is 17.7. The molecular weight excluding hydrogens is 398 g/mol. The summed E-state index contributed by atoms with van der Waals surface area (Å²) >= 11 is 0. The number of hydrogen-bond acceptors (Lipinski definition) is 3. The normalized spacial score (nSPS) is 14.4. The van der Waals surface area contributed by atoms with Gasteiger partial charge in [-0.05, 0) is 53.8 Å². The number of fused-ring (bicyclic) bond motifs is 1. The van der Waals surface area contributed by atoms with Crippen molar-refractivity contribution >= 4 is 5.91 Å². The maximum atomic E-state index is 13.6. The molecule has 0 fully saturated rings. The highest BCUT2D eigenvalue weighted by Gasteiger charge is 2.32. The molecule has 162 valence electrons. The summed E-state index contributed by atoms with van der Waals surface area (Å²) in [4.78, 5) is 14.7. The number of halogens is 2. The molecule has 0 spiro atoms. The van der Waals surface area contributed by atoms with Crippen LogP contribution in [0.3, 0.4) is 0 Å². The van der Waals surface area contributed by atoms with Crippen molar-refractivity contribution in [1.82, 2.24) is 14.7 Å². The van der Waals surface area contributed by atoms with Gasteiger partial charge in [-0.15, -0.1) is 0 Å². The number of carbonyl (C=O) groups excluding carboxylic acids is 1. The minimum atomic E-state index is -0.635. The average Bonchev–Trinajstić information content (AvgIpc) is 3.29. The molecular formula is C24H26F2N4O. The molecule has 1 aliphatic heterocycles. The third-order valence-corrected chi connectivity index (χ3v) is 5.59. The van der Waals surface area contributed by atoms with E-state index in [1.165, 1.54) is 12.1 Å². The molecule has 1 amide bonds. The number of amides is 1. The lowest BCUT2D eigenvalue weighted by molar-refractivity contribution is 0.0708. The smallest absolute Gasteiger partial charge is 0.254 e. The van der Waals surface area contributed by atoms with Gasteiger partial charge in [0.1, 0.15) is 11.6 Å². The molecule has 4 rings (SSSR count). The molecule has 2 N–H and O–H groups in total. The first-order valence-corrected chi connectivity index (χ1v) is 10.5. The molecule has 3 aromatic rings. The Labute approximate surface area is 180 Å². The van der Waals surface area contributed by atoms with E-state index in [9.17, 15) is 13.6 Å². The number of carbonyl (C=O) groups is 1. The van der Waals surface area contributed by atoms with Gasteiger partial charge in [0.05, 0.1) is 5.69 Å². The Morgan fingerprint density at radius 3 is 2.52 bits per heavy atom. The van der Waals surface area contributed by atoms with Crippen LogP contribution in [-0.4, -0.2) is 33.2 Å². The standard InChI is InChI=1S/C24H26F2N4O/c1-15(2)13-30-23(5-6-28-30)17-3-4-22-18(10-17)14-29(24(22)31)21(12-27)9-16-7-19(25)11-20(26)8-16/h3-8,10-11,15,21H,9,12-14,27H2,1-2H3/t21-/m0/s1. The Balaban J connectivity index is 1.58. The highest BCUT2D eigenvalue weighted by atomic mass is 19.1. The fourth-order valence-electron chi connectivity index (χ4n) is 4.19. The molecule has 0 radical (unpaired) electrons. The molecule has 2 aromatic carbocycles. The minimum absolute atomic E-state index is 0.107. The quantitative estimate of drug-likeness (QED) is 0.623. The highest BCUT2D eigenvalue weighted by Crippen LogP contribution is 2.30. The van der Waals surface area contributed by atoms with Crippen LogP contribution in [0.4, 0.5) is 8.78 Å². The molecule has 31 heavy (non-hydrogen) atoms. The van der Waals surface area contributed by atoms with Crippen LogP contribution >= 0.6 is 0 Å². The Kier molecular flexibility index (Phi) is 5.87. The summed E-state index contributed by atoms with van der Waals surface area (Å²) in [6.07, 6.45) is 2.07. The van der Waals surface area contributed by atoms with E-state index in [1.54, 1.807) is 11.1 Å². The van der Waals surface area contributed by atoms with Crippen molar-refractivity contribution in [2.24, 2.45) is 11.7 Å². The Morgan fingerprint density at radius 1 is 1.10 bits per heavy atom. The number of hydrogen-bond donors (Lipinski definition) is 1. The van der Waals surface area contributed by atoms with Crippen LogP contribution in [0.2, 0.25) is 0 Å². The molecule has 1 atom stereocenters. The van der Waals surface area contributed by atoms with Crippen molar-refractivity contribution in [3.63, 3.8) is 0 Å². The summed E-state index contributed by atoms with van der Waals surface area (Å²) in [7, 11) is 0. The molecule has 1 aromatic heterocycles. The number of rotatable bonds is 7. The largest absolute Gasteiger partial charge is 0.330 e. The van der Waals surface area contributed by atoms with E-state index in [2.05, 4.69) is 18.9 Å². The van der Waals surface area contributed by atoms with Crippen molar-refractivity contribution in [1.29, 1.82) is 0 Å². The van der Waals surface area contributed by atoms with Gasteiger partial charge in [0.25, 0.3) is 5.91 Å². The van der Waals surface area contributed by atoms with Crippen molar-refractivity contribution in [3.05, 3.63) is 77.0 Å². The Morgan fingerprint density at radius 2 is 1.84 bits per heavy atom. The minimum Gasteiger partial charge on any atom is -0.330 e. The zero-order chi connectivity index (χ0) is 22.1. The fourth-order valence-corrected chi connectivity index (χ4v) is 4.19. The number of benzene rings is 2. The summed E-state index contributed by atoms with van der Waals surface area (Å²) in [5.41, 5.74) is 10.0. The van der Waals surface area contributed by atoms with Crippen LogP contribution in [0.25, 0.3) is 11.3 Å². The topological polar surface area (TPSA) is 64.2 Å². The lowest BCUT2D eigenvalue weighted by Gasteiger charge is -2.26. The molecule has 1 aliphatic rings. The number of nitrogens with two attached hydrogens (primary N) is 1. The molecule has 2 heterocycles. The van der Waals surface area contributed by atoms with E-state index >= 15 is 0 Å². The Bertz CT molecular complexity index is 1090. The van der Waals surface area contributed by atoms with Gasteiger partial charge in [0, 0.05) is 49.1 Å². The van der Waals surface area contributed by atoms with E-state index in [0.29, 0.717) is 30.0 Å². The predicted molar refractivity (Wildman–Crippen MR) is 115 cm³/mol. The second-order valence-corrected chi connectivity index (χ2v) is 8.47. The first-order chi connectivity index (χ1) is 14.9. The van der Waals surface area contributed by atoms with E-state index in [4.69, 9.17) is 5.73 Å². The van der Waals surface area contributed by atoms with Crippen LogP contribution in [0, 0.1) is 17.6 Å². The highest BCUT2D eigenvalue weighted by molar-refractivity contribution is 5.99. The summed E-state index contributed by atoms with van der Waals surface area (Å²) < 4.78 is 29.1.